The molecular weight excluding hydrogens is 155 g/mol. The molecule has 1 fully saturated rings. The van der Waals surface area contributed by atoms with Gasteiger partial charge in [-0.15, -0.1) is 0 Å². The fraction of sp³-hybridized carbons (Fsp3) is 0.444. The molecule has 0 aliphatic heterocycles. The second-order valence-corrected chi connectivity index (χ2v) is 3.35. The smallest absolute Gasteiger partial charge is 0.213 e. The highest BCUT2D eigenvalue weighted by atomic mass is 19.1. The lowest BCUT2D eigenvalue weighted by Gasteiger charge is -2.02. The molecule has 1 aromatic heterocycles. The minimum atomic E-state index is -0.431. The van der Waals surface area contributed by atoms with E-state index in [0.29, 0.717) is 5.69 Å². The van der Waals surface area contributed by atoms with Gasteiger partial charge in [0.2, 0.25) is 5.95 Å². The second kappa shape index (κ2) is 2.73. The van der Waals surface area contributed by atoms with E-state index in [0.717, 1.165) is 17.9 Å². The van der Waals surface area contributed by atoms with Gasteiger partial charge in [0.05, 0.1) is 11.9 Å². The van der Waals surface area contributed by atoms with E-state index in [4.69, 9.17) is 5.73 Å². The Morgan fingerprint density at radius 3 is 3.00 bits per heavy atom. The van der Waals surface area contributed by atoms with Crippen molar-refractivity contribution >= 4 is 5.69 Å². The summed E-state index contributed by atoms with van der Waals surface area (Å²) in [4.78, 5) is 3.48. The number of nitrogens with two attached hydrogens (primary N) is 1. The van der Waals surface area contributed by atoms with E-state index >= 15 is 0 Å². The Morgan fingerprint density at radius 1 is 1.58 bits per heavy atom. The van der Waals surface area contributed by atoms with Crippen LogP contribution in [-0.2, 0) is 6.42 Å². The molecular formula is C9H11FN2. The topological polar surface area (TPSA) is 38.9 Å². The van der Waals surface area contributed by atoms with Gasteiger partial charge < -0.3 is 5.73 Å². The number of rotatable bonds is 2. The van der Waals surface area contributed by atoms with Crippen molar-refractivity contribution in [3.8, 4) is 0 Å². The van der Waals surface area contributed by atoms with Crippen molar-refractivity contribution in [1.29, 1.82) is 0 Å². The van der Waals surface area contributed by atoms with Gasteiger partial charge in [0, 0.05) is 0 Å². The highest BCUT2D eigenvalue weighted by molar-refractivity contribution is 5.44. The monoisotopic (exact) mass is 166 g/mol. The highest BCUT2D eigenvalue weighted by Gasteiger charge is 2.22. The van der Waals surface area contributed by atoms with Crippen molar-refractivity contribution in [1.82, 2.24) is 4.98 Å². The minimum absolute atomic E-state index is 0.431. The number of hydrogen-bond donors (Lipinski definition) is 1. The van der Waals surface area contributed by atoms with Crippen molar-refractivity contribution in [2.45, 2.75) is 19.3 Å². The zero-order valence-electron chi connectivity index (χ0n) is 6.76. The van der Waals surface area contributed by atoms with Crippen molar-refractivity contribution in [3.05, 3.63) is 23.8 Å². The van der Waals surface area contributed by atoms with Gasteiger partial charge in [-0.25, -0.2) is 4.98 Å². The summed E-state index contributed by atoms with van der Waals surface area (Å²) in [6.07, 6.45) is 4.81. The molecule has 2 nitrogen and oxygen atoms in total. The summed E-state index contributed by atoms with van der Waals surface area (Å²) in [5.74, 6) is 0.300. The molecule has 1 aliphatic rings. The zero-order valence-corrected chi connectivity index (χ0v) is 6.76. The van der Waals surface area contributed by atoms with E-state index < -0.39 is 5.95 Å². The first kappa shape index (κ1) is 7.53. The Balaban J connectivity index is 2.21. The number of halogens is 1. The molecule has 0 aromatic carbocycles. The average Bonchev–Trinajstić information content (AvgIpc) is 2.81. The zero-order chi connectivity index (χ0) is 8.55. The average molecular weight is 166 g/mol. The summed E-state index contributed by atoms with van der Waals surface area (Å²) in [5, 5.41) is 0. The Kier molecular flexibility index (Phi) is 1.71. The van der Waals surface area contributed by atoms with Crippen molar-refractivity contribution in [2.24, 2.45) is 5.92 Å². The van der Waals surface area contributed by atoms with E-state index in [1.807, 2.05) is 0 Å². The number of pyridine rings is 1. The quantitative estimate of drug-likeness (QED) is 0.680. The molecule has 64 valence electrons. The third-order valence-corrected chi connectivity index (χ3v) is 2.20. The van der Waals surface area contributed by atoms with Gasteiger partial charge in [-0.1, -0.05) is 0 Å². The molecule has 0 saturated heterocycles. The van der Waals surface area contributed by atoms with Crippen LogP contribution in [0.1, 0.15) is 18.4 Å². The molecule has 1 aliphatic carbocycles. The van der Waals surface area contributed by atoms with Gasteiger partial charge in [-0.2, -0.15) is 4.39 Å². The number of anilines is 1. The molecule has 12 heavy (non-hydrogen) atoms. The SMILES string of the molecule is Nc1cnc(F)cc1CC1CC1. The third kappa shape index (κ3) is 1.55. The highest BCUT2D eigenvalue weighted by Crippen LogP contribution is 2.33. The van der Waals surface area contributed by atoms with Crippen LogP contribution < -0.4 is 5.73 Å². The van der Waals surface area contributed by atoms with Crippen LogP contribution in [0.15, 0.2) is 12.3 Å². The first-order chi connectivity index (χ1) is 5.75. The molecule has 0 amide bonds. The van der Waals surface area contributed by atoms with E-state index in [1.54, 1.807) is 0 Å². The Bertz CT molecular complexity index is 295. The molecule has 3 heteroatoms. The molecule has 0 spiro atoms. The molecule has 0 bridgehead atoms. The van der Waals surface area contributed by atoms with Gasteiger partial charge in [0.1, 0.15) is 0 Å². The normalized spacial score (nSPS) is 16.4. The summed E-state index contributed by atoms with van der Waals surface area (Å²) < 4.78 is 12.7. The molecule has 1 aromatic rings. The van der Waals surface area contributed by atoms with Crippen LogP contribution in [0.5, 0.6) is 0 Å². The number of nitrogen functional groups attached to an aromatic ring is 1. The largest absolute Gasteiger partial charge is 0.397 e. The van der Waals surface area contributed by atoms with Crippen LogP contribution >= 0.6 is 0 Å². The molecule has 1 saturated carbocycles. The number of aromatic nitrogens is 1. The van der Waals surface area contributed by atoms with Gasteiger partial charge in [0.15, 0.2) is 0 Å². The van der Waals surface area contributed by atoms with Crippen LogP contribution in [0, 0.1) is 11.9 Å². The number of nitrogens with zero attached hydrogens (tertiary/aromatic N) is 1. The lowest BCUT2D eigenvalue weighted by Crippen LogP contribution is -1.98. The van der Waals surface area contributed by atoms with E-state index in [2.05, 4.69) is 4.98 Å². The van der Waals surface area contributed by atoms with Gasteiger partial charge in [-0.05, 0) is 36.8 Å². The first-order valence-electron chi connectivity index (χ1n) is 4.15. The maximum Gasteiger partial charge on any atom is 0.213 e. The maximum absolute atomic E-state index is 12.7. The second-order valence-electron chi connectivity index (χ2n) is 3.35. The predicted molar refractivity (Wildman–Crippen MR) is 45.0 cm³/mol. The summed E-state index contributed by atoms with van der Waals surface area (Å²) in [5.41, 5.74) is 7.16. The Labute approximate surface area is 70.6 Å². The molecule has 1 heterocycles. The third-order valence-electron chi connectivity index (χ3n) is 2.20. The molecule has 0 unspecified atom stereocenters. The van der Waals surface area contributed by atoms with Gasteiger partial charge in [-0.3, -0.25) is 0 Å². The summed E-state index contributed by atoms with van der Waals surface area (Å²) in [6, 6.07) is 1.44. The van der Waals surface area contributed by atoms with Crippen LogP contribution in [0.2, 0.25) is 0 Å². The lowest BCUT2D eigenvalue weighted by molar-refractivity contribution is 0.581. The van der Waals surface area contributed by atoms with Crippen molar-refractivity contribution in [2.75, 3.05) is 5.73 Å². The maximum atomic E-state index is 12.7. The lowest BCUT2D eigenvalue weighted by atomic mass is 10.1. The predicted octanol–water partition coefficient (Wildman–Crippen LogP) is 1.76. The van der Waals surface area contributed by atoms with Gasteiger partial charge in [0.25, 0.3) is 0 Å². The summed E-state index contributed by atoms with van der Waals surface area (Å²) in [6.45, 7) is 0. The fourth-order valence-corrected chi connectivity index (χ4v) is 1.29. The molecule has 2 N–H and O–H groups in total. The number of hydrogen-bond acceptors (Lipinski definition) is 2. The molecule has 0 atom stereocenters. The van der Waals surface area contributed by atoms with Crippen molar-refractivity contribution in [3.63, 3.8) is 0 Å². The Hall–Kier alpha value is -1.12. The Morgan fingerprint density at radius 2 is 2.33 bits per heavy atom. The van der Waals surface area contributed by atoms with E-state index in [9.17, 15) is 4.39 Å². The van der Waals surface area contributed by atoms with E-state index in [-0.39, 0.29) is 0 Å². The standard InChI is InChI=1S/C9H11FN2/c10-9-4-7(3-6-1-2-6)8(11)5-12-9/h4-6H,1-3,11H2. The molecule has 2 rings (SSSR count). The summed E-state index contributed by atoms with van der Waals surface area (Å²) >= 11 is 0. The molecule has 0 radical (unpaired) electrons. The first-order valence-corrected chi connectivity index (χ1v) is 4.15. The van der Waals surface area contributed by atoms with Crippen LogP contribution in [0.3, 0.4) is 0 Å². The van der Waals surface area contributed by atoms with Crippen LogP contribution in [0.4, 0.5) is 10.1 Å². The van der Waals surface area contributed by atoms with E-state index in [1.165, 1.54) is 25.1 Å². The minimum Gasteiger partial charge on any atom is -0.397 e. The van der Waals surface area contributed by atoms with Gasteiger partial charge >= 0.3 is 0 Å². The van der Waals surface area contributed by atoms with Crippen LogP contribution in [-0.4, -0.2) is 4.98 Å². The fourth-order valence-electron chi connectivity index (χ4n) is 1.29. The summed E-state index contributed by atoms with van der Waals surface area (Å²) in [7, 11) is 0. The van der Waals surface area contributed by atoms with Crippen LogP contribution in [0.25, 0.3) is 0 Å². The van der Waals surface area contributed by atoms with Crippen molar-refractivity contribution < 1.29 is 4.39 Å².